The highest BCUT2D eigenvalue weighted by Gasteiger charge is 2.22. The van der Waals surface area contributed by atoms with Gasteiger partial charge in [-0.2, -0.15) is 10.4 Å². The third kappa shape index (κ3) is 2.82. The van der Waals surface area contributed by atoms with Crippen molar-refractivity contribution >= 4 is 5.82 Å². The van der Waals surface area contributed by atoms with Crippen LogP contribution in [0.15, 0.2) is 24.5 Å². The van der Waals surface area contributed by atoms with Gasteiger partial charge in [-0.15, -0.1) is 0 Å². The molecular formula is C17H21N5. The van der Waals surface area contributed by atoms with Gasteiger partial charge in [-0.3, -0.25) is 4.68 Å². The zero-order chi connectivity index (χ0) is 15.5. The standard InChI is InChI=1S/C17H21N5/c1-3-22-12-15(11-19-22)14-6-8-21(9-7-14)17-5-4-13(2)16(10-18)20-17/h4-5,11-12,14H,3,6-9H2,1-2H3. The molecule has 1 aliphatic heterocycles. The molecule has 0 unspecified atom stereocenters. The molecule has 0 atom stereocenters. The zero-order valence-corrected chi connectivity index (χ0v) is 13.2. The molecule has 1 saturated heterocycles. The summed E-state index contributed by atoms with van der Waals surface area (Å²) >= 11 is 0. The fraction of sp³-hybridized carbons (Fsp3) is 0.471. The number of aryl methyl sites for hydroxylation is 2. The number of anilines is 1. The summed E-state index contributed by atoms with van der Waals surface area (Å²) in [6, 6.07) is 6.17. The fourth-order valence-electron chi connectivity index (χ4n) is 3.01. The van der Waals surface area contributed by atoms with E-state index in [0.717, 1.165) is 43.9 Å². The normalized spacial score (nSPS) is 15.8. The number of hydrogen-bond acceptors (Lipinski definition) is 4. The first-order chi connectivity index (χ1) is 10.7. The van der Waals surface area contributed by atoms with Crippen LogP contribution in [-0.2, 0) is 6.54 Å². The van der Waals surface area contributed by atoms with Crippen LogP contribution in [0.3, 0.4) is 0 Å². The van der Waals surface area contributed by atoms with Crippen molar-refractivity contribution in [3.8, 4) is 6.07 Å². The van der Waals surface area contributed by atoms with Crippen LogP contribution in [0.2, 0.25) is 0 Å². The lowest BCUT2D eigenvalue weighted by molar-refractivity contribution is 0.502. The second-order valence-electron chi connectivity index (χ2n) is 5.84. The van der Waals surface area contributed by atoms with E-state index in [0.29, 0.717) is 11.6 Å². The van der Waals surface area contributed by atoms with Gasteiger partial charge in [-0.25, -0.2) is 4.98 Å². The third-order valence-corrected chi connectivity index (χ3v) is 4.46. The first-order valence-corrected chi connectivity index (χ1v) is 7.86. The first kappa shape index (κ1) is 14.6. The highest BCUT2D eigenvalue weighted by atomic mass is 15.3. The Morgan fingerprint density at radius 3 is 2.73 bits per heavy atom. The van der Waals surface area contributed by atoms with Gasteiger partial charge in [0.2, 0.25) is 0 Å². The Labute approximate surface area is 131 Å². The van der Waals surface area contributed by atoms with Crippen molar-refractivity contribution in [2.45, 2.75) is 39.2 Å². The Balaban J connectivity index is 1.68. The van der Waals surface area contributed by atoms with Crippen LogP contribution >= 0.6 is 0 Å². The molecule has 0 saturated carbocycles. The van der Waals surface area contributed by atoms with Crippen molar-refractivity contribution in [3.05, 3.63) is 41.3 Å². The third-order valence-electron chi connectivity index (χ3n) is 4.46. The number of rotatable bonds is 3. The van der Waals surface area contributed by atoms with Crippen LogP contribution in [-0.4, -0.2) is 27.9 Å². The van der Waals surface area contributed by atoms with E-state index in [1.54, 1.807) is 0 Å². The summed E-state index contributed by atoms with van der Waals surface area (Å²) < 4.78 is 1.99. The molecule has 0 N–H and O–H groups in total. The Morgan fingerprint density at radius 1 is 1.32 bits per heavy atom. The molecule has 0 spiro atoms. The van der Waals surface area contributed by atoms with E-state index >= 15 is 0 Å². The lowest BCUT2D eigenvalue weighted by Crippen LogP contribution is -2.33. The van der Waals surface area contributed by atoms with Crippen molar-refractivity contribution in [1.82, 2.24) is 14.8 Å². The first-order valence-electron chi connectivity index (χ1n) is 7.86. The van der Waals surface area contributed by atoms with Crippen molar-refractivity contribution < 1.29 is 0 Å². The van der Waals surface area contributed by atoms with Gasteiger partial charge in [0.25, 0.3) is 0 Å². The minimum atomic E-state index is 0.531. The highest BCUT2D eigenvalue weighted by Crippen LogP contribution is 2.29. The van der Waals surface area contributed by atoms with E-state index in [1.807, 2.05) is 29.9 Å². The molecule has 5 nitrogen and oxygen atoms in total. The summed E-state index contributed by atoms with van der Waals surface area (Å²) in [6.07, 6.45) is 6.37. The largest absolute Gasteiger partial charge is 0.357 e. The minimum absolute atomic E-state index is 0.531. The van der Waals surface area contributed by atoms with Gasteiger partial charge in [0.15, 0.2) is 0 Å². The van der Waals surface area contributed by atoms with E-state index in [-0.39, 0.29) is 0 Å². The number of piperidine rings is 1. The second-order valence-corrected chi connectivity index (χ2v) is 5.84. The Morgan fingerprint density at radius 2 is 2.09 bits per heavy atom. The summed E-state index contributed by atoms with van der Waals surface area (Å²) in [5.74, 6) is 1.50. The van der Waals surface area contributed by atoms with Gasteiger partial charge < -0.3 is 4.90 Å². The summed E-state index contributed by atoms with van der Waals surface area (Å²) in [7, 11) is 0. The molecule has 2 aromatic heterocycles. The van der Waals surface area contributed by atoms with Crippen LogP contribution < -0.4 is 4.90 Å². The zero-order valence-electron chi connectivity index (χ0n) is 13.2. The SMILES string of the molecule is CCn1cc(C2CCN(c3ccc(C)c(C#N)n3)CC2)cn1. The number of nitriles is 1. The molecule has 0 bridgehead atoms. The van der Waals surface area contributed by atoms with Gasteiger partial charge in [0.05, 0.1) is 6.20 Å². The molecule has 3 rings (SSSR count). The predicted molar refractivity (Wildman–Crippen MR) is 85.8 cm³/mol. The van der Waals surface area contributed by atoms with Gasteiger partial charge in [0.1, 0.15) is 17.6 Å². The van der Waals surface area contributed by atoms with E-state index in [4.69, 9.17) is 5.26 Å². The summed E-state index contributed by atoms with van der Waals surface area (Å²) in [6.45, 7) is 6.90. The summed E-state index contributed by atoms with van der Waals surface area (Å²) in [4.78, 5) is 6.76. The van der Waals surface area contributed by atoms with Crippen LogP contribution in [0.25, 0.3) is 0 Å². The Bertz CT molecular complexity index is 689. The molecule has 0 amide bonds. The van der Waals surface area contributed by atoms with E-state index in [1.165, 1.54) is 5.56 Å². The van der Waals surface area contributed by atoms with Gasteiger partial charge in [-0.05, 0) is 49.8 Å². The molecule has 22 heavy (non-hydrogen) atoms. The molecular weight excluding hydrogens is 274 g/mol. The van der Waals surface area contributed by atoms with E-state index in [9.17, 15) is 0 Å². The number of nitrogens with zero attached hydrogens (tertiary/aromatic N) is 5. The average molecular weight is 295 g/mol. The molecule has 1 fully saturated rings. The quantitative estimate of drug-likeness (QED) is 0.873. The summed E-state index contributed by atoms with van der Waals surface area (Å²) in [5, 5.41) is 13.5. The lowest BCUT2D eigenvalue weighted by Gasteiger charge is -2.32. The van der Waals surface area contributed by atoms with Crippen LogP contribution in [0.4, 0.5) is 5.82 Å². The maximum Gasteiger partial charge on any atom is 0.145 e. The number of aromatic nitrogens is 3. The van der Waals surface area contributed by atoms with Crippen LogP contribution in [0, 0.1) is 18.3 Å². The van der Waals surface area contributed by atoms with Gasteiger partial charge >= 0.3 is 0 Å². The molecule has 3 heterocycles. The maximum absolute atomic E-state index is 9.12. The molecule has 114 valence electrons. The Kier molecular flexibility index (Phi) is 4.10. The summed E-state index contributed by atoms with van der Waals surface area (Å²) in [5.41, 5.74) is 2.81. The molecule has 0 radical (unpaired) electrons. The van der Waals surface area contributed by atoms with Crippen molar-refractivity contribution in [3.63, 3.8) is 0 Å². The lowest BCUT2D eigenvalue weighted by atomic mass is 9.91. The van der Waals surface area contributed by atoms with Crippen molar-refractivity contribution in [2.24, 2.45) is 0 Å². The molecule has 1 aliphatic rings. The van der Waals surface area contributed by atoms with Crippen molar-refractivity contribution in [1.29, 1.82) is 5.26 Å². The Hall–Kier alpha value is -2.35. The fourth-order valence-corrected chi connectivity index (χ4v) is 3.01. The molecule has 5 heteroatoms. The molecule has 0 aromatic carbocycles. The average Bonchev–Trinajstić information content (AvgIpc) is 3.04. The number of hydrogen-bond donors (Lipinski definition) is 0. The second kappa shape index (κ2) is 6.18. The highest BCUT2D eigenvalue weighted by molar-refractivity contribution is 5.45. The van der Waals surface area contributed by atoms with Gasteiger partial charge in [-0.1, -0.05) is 6.07 Å². The van der Waals surface area contributed by atoms with E-state index < -0.39 is 0 Å². The predicted octanol–water partition coefficient (Wildman–Crippen LogP) is 2.86. The maximum atomic E-state index is 9.12. The van der Waals surface area contributed by atoms with E-state index in [2.05, 4.69) is 34.2 Å². The van der Waals surface area contributed by atoms with Gasteiger partial charge in [0, 0.05) is 25.8 Å². The number of pyridine rings is 1. The molecule has 2 aromatic rings. The van der Waals surface area contributed by atoms with Crippen LogP contribution in [0.1, 0.15) is 42.5 Å². The smallest absolute Gasteiger partial charge is 0.145 e. The monoisotopic (exact) mass is 295 g/mol. The topological polar surface area (TPSA) is 57.7 Å². The molecule has 0 aliphatic carbocycles. The van der Waals surface area contributed by atoms with Crippen molar-refractivity contribution in [2.75, 3.05) is 18.0 Å². The minimum Gasteiger partial charge on any atom is -0.357 e. The van der Waals surface area contributed by atoms with Crippen LogP contribution in [0.5, 0.6) is 0 Å².